The summed E-state index contributed by atoms with van der Waals surface area (Å²) in [6.45, 7) is 3.86. The fourth-order valence-corrected chi connectivity index (χ4v) is 3.29. The fraction of sp³-hybridized carbons (Fsp3) is 0.556. The molecule has 0 spiro atoms. The van der Waals surface area contributed by atoms with Crippen LogP contribution in [0.1, 0.15) is 50.5 Å². The predicted octanol–water partition coefficient (Wildman–Crippen LogP) is 4.51. The highest BCUT2D eigenvalue weighted by atomic mass is 16.3. The van der Waals surface area contributed by atoms with E-state index in [-0.39, 0.29) is 0 Å². The van der Waals surface area contributed by atoms with E-state index in [4.69, 9.17) is 0 Å². The summed E-state index contributed by atoms with van der Waals surface area (Å²) in [5.74, 6) is 0.399. The number of benzene rings is 1. The van der Waals surface area contributed by atoms with E-state index >= 15 is 0 Å². The van der Waals surface area contributed by atoms with Gasteiger partial charge in [0, 0.05) is 0 Å². The minimum atomic E-state index is -0.618. The second-order valence-corrected chi connectivity index (χ2v) is 5.87. The summed E-state index contributed by atoms with van der Waals surface area (Å²) in [7, 11) is 0. The second kappa shape index (κ2) is 6.91. The highest BCUT2D eigenvalue weighted by Crippen LogP contribution is 2.36. The van der Waals surface area contributed by atoms with Crippen LogP contribution in [0.3, 0.4) is 0 Å². The van der Waals surface area contributed by atoms with Crippen molar-refractivity contribution in [2.45, 2.75) is 57.0 Å². The van der Waals surface area contributed by atoms with Gasteiger partial charge in [0.15, 0.2) is 0 Å². The maximum Gasteiger partial charge on any atom is 0.0853 e. The van der Waals surface area contributed by atoms with Gasteiger partial charge in [0.05, 0.1) is 5.60 Å². The van der Waals surface area contributed by atoms with Gasteiger partial charge in [-0.2, -0.15) is 0 Å². The summed E-state index contributed by atoms with van der Waals surface area (Å²) in [6.07, 6.45) is 10.9. The zero-order valence-electron chi connectivity index (χ0n) is 11.9. The molecule has 1 N–H and O–H groups in total. The molecule has 1 aromatic rings. The zero-order valence-corrected chi connectivity index (χ0v) is 11.9. The summed E-state index contributed by atoms with van der Waals surface area (Å²) in [5, 5.41) is 10.7. The second-order valence-electron chi connectivity index (χ2n) is 5.87. The fourth-order valence-electron chi connectivity index (χ4n) is 3.29. The van der Waals surface area contributed by atoms with E-state index in [2.05, 4.69) is 36.9 Å². The third-order valence-corrected chi connectivity index (χ3v) is 4.55. The summed E-state index contributed by atoms with van der Waals surface area (Å²) in [4.78, 5) is 0. The van der Waals surface area contributed by atoms with Gasteiger partial charge in [-0.05, 0) is 43.6 Å². The quantitative estimate of drug-likeness (QED) is 0.608. The van der Waals surface area contributed by atoms with Crippen molar-refractivity contribution in [1.82, 2.24) is 0 Å². The van der Waals surface area contributed by atoms with Gasteiger partial charge in [-0.25, -0.2) is 0 Å². The Bertz CT molecular complexity index is 384. The molecule has 1 aliphatic carbocycles. The van der Waals surface area contributed by atoms with Crippen LogP contribution in [0.2, 0.25) is 0 Å². The van der Waals surface area contributed by atoms with Crippen molar-refractivity contribution in [2.24, 2.45) is 5.92 Å². The highest BCUT2D eigenvalue weighted by Gasteiger charge is 2.34. The molecule has 1 heteroatoms. The van der Waals surface area contributed by atoms with Crippen LogP contribution < -0.4 is 0 Å². The topological polar surface area (TPSA) is 20.2 Å². The van der Waals surface area contributed by atoms with Crippen LogP contribution in [-0.4, -0.2) is 10.7 Å². The minimum Gasteiger partial charge on any atom is -0.386 e. The van der Waals surface area contributed by atoms with E-state index in [1.807, 2.05) is 0 Å². The average molecular weight is 258 g/mol. The molecule has 0 radical (unpaired) electrons. The van der Waals surface area contributed by atoms with Crippen LogP contribution >= 0.6 is 0 Å². The van der Waals surface area contributed by atoms with Gasteiger partial charge in [0.1, 0.15) is 0 Å². The smallest absolute Gasteiger partial charge is 0.0853 e. The van der Waals surface area contributed by atoms with Gasteiger partial charge in [-0.1, -0.05) is 55.7 Å². The number of hydrogen-bond donors (Lipinski definition) is 1. The molecule has 104 valence electrons. The van der Waals surface area contributed by atoms with E-state index < -0.39 is 5.60 Å². The molecule has 0 unspecified atom stereocenters. The lowest BCUT2D eigenvalue weighted by Crippen LogP contribution is -2.34. The van der Waals surface area contributed by atoms with Crippen LogP contribution in [0.4, 0.5) is 0 Å². The van der Waals surface area contributed by atoms with Gasteiger partial charge in [0.25, 0.3) is 0 Å². The lowest BCUT2D eigenvalue weighted by molar-refractivity contribution is 0.0172. The van der Waals surface area contributed by atoms with Gasteiger partial charge in [-0.3, -0.25) is 0 Å². The number of aryl methyl sites for hydroxylation is 1. The Morgan fingerprint density at radius 2 is 2.00 bits per heavy atom. The maximum atomic E-state index is 10.7. The van der Waals surface area contributed by atoms with Crippen LogP contribution in [0.25, 0.3) is 0 Å². The Morgan fingerprint density at radius 3 is 2.74 bits per heavy atom. The molecule has 1 aromatic carbocycles. The van der Waals surface area contributed by atoms with Crippen LogP contribution in [0.15, 0.2) is 43.0 Å². The van der Waals surface area contributed by atoms with Crippen LogP contribution in [0.5, 0.6) is 0 Å². The molecule has 1 saturated carbocycles. The lowest BCUT2D eigenvalue weighted by Gasteiger charge is -2.32. The molecule has 0 heterocycles. The molecule has 2 atom stereocenters. The first-order chi connectivity index (χ1) is 9.24. The molecule has 0 amide bonds. The molecule has 0 aromatic heterocycles. The summed E-state index contributed by atoms with van der Waals surface area (Å²) in [6, 6.07) is 10.6. The Hall–Kier alpha value is -1.08. The van der Waals surface area contributed by atoms with Gasteiger partial charge in [-0.15, -0.1) is 6.58 Å². The molecular formula is C18H26O. The molecule has 1 nitrogen and oxygen atoms in total. The Labute approximate surface area is 117 Å². The van der Waals surface area contributed by atoms with E-state index in [9.17, 15) is 5.11 Å². The largest absolute Gasteiger partial charge is 0.386 e. The Balaban J connectivity index is 1.87. The molecule has 1 fully saturated rings. The number of rotatable bonds is 5. The molecule has 1 aliphatic rings. The summed E-state index contributed by atoms with van der Waals surface area (Å²) in [5.41, 5.74) is 0.783. The van der Waals surface area contributed by atoms with Crippen molar-refractivity contribution in [3.05, 3.63) is 48.6 Å². The molecule has 2 rings (SSSR count). The maximum absolute atomic E-state index is 10.7. The third kappa shape index (κ3) is 3.94. The predicted molar refractivity (Wildman–Crippen MR) is 81.1 cm³/mol. The van der Waals surface area contributed by atoms with Crippen molar-refractivity contribution >= 4 is 0 Å². The standard InChI is InChI=1S/C18H26O/c1-2-18(19)15-8-4-7-13-17(18)14-9-12-16-10-5-3-6-11-16/h2-3,5-6,10-11,17,19H,1,4,7-9,12-15H2/t17-,18-/m0/s1. The van der Waals surface area contributed by atoms with E-state index in [1.54, 1.807) is 6.08 Å². The zero-order chi connectivity index (χ0) is 13.6. The average Bonchev–Trinajstić information content (AvgIpc) is 2.63. The molecule has 0 bridgehead atoms. The van der Waals surface area contributed by atoms with Gasteiger partial charge >= 0.3 is 0 Å². The SMILES string of the molecule is C=C[C@]1(O)CCCCC[C@H]1CCCc1ccccc1. The van der Waals surface area contributed by atoms with Crippen molar-refractivity contribution in [3.63, 3.8) is 0 Å². The van der Waals surface area contributed by atoms with E-state index in [0.717, 1.165) is 38.5 Å². The Morgan fingerprint density at radius 1 is 1.21 bits per heavy atom. The number of hydrogen-bond acceptors (Lipinski definition) is 1. The Kier molecular flexibility index (Phi) is 5.21. The first kappa shape index (κ1) is 14.3. The number of aliphatic hydroxyl groups is 1. The summed E-state index contributed by atoms with van der Waals surface area (Å²) < 4.78 is 0. The van der Waals surface area contributed by atoms with Crippen molar-refractivity contribution in [3.8, 4) is 0 Å². The normalized spacial score (nSPS) is 27.7. The molecule has 0 saturated heterocycles. The molecule has 0 aliphatic heterocycles. The lowest BCUT2D eigenvalue weighted by atomic mass is 9.80. The van der Waals surface area contributed by atoms with Crippen LogP contribution in [0, 0.1) is 5.92 Å². The summed E-state index contributed by atoms with van der Waals surface area (Å²) >= 11 is 0. The first-order valence-electron chi connectivity index (χ1n) is 7.64. The molecule has 19 heavy (non-hydrogen) atoms. The van der Waals surface area contributed by atoms with Crippen molar-refractivity contribution < 1.29 is 5.11 Å². The van der Waals surface area contributed by atoms with Crippen molar-refractivity contribution in [1.29, 1.82) is 0 Å². The van der Waals surface area contributed by atoms with Gasteiger partial charge < -0.3 is 5.11 Å². The third-order valence-electron chi connectivity index (χ3n) is 4.55. The minimum absolute atomic E-state index is 0.399. The van der Waals surface area contributed by atoms with E-state index in [0.29, 0.717) is 5.92 Å². The highest BCUT2D eigenvalue weighted by molar-refractivity contribution is 5.14. The van der Waals surface area contributed by atoms with E-state index in [1.165, 1.54) is 18.4 Å². The van der Waals surface area contributed by atoms with Crippen molar-refractivity contribution in [2.75, 3.05) is 0 Å². The molecular weight excluding hydrogens is 232 g/mol. The van der Waals surface area contributed by atoms with Gasteiger partial charge in [0.2, 0.25) is 0 Å². The first-order valence-corrected chi connectivity index (χ1v) is 7.64. The monoisotopic (exact) mass is 258 g/mol. The van der Waals surface area contributed by atoms with Crippen LogP contribution in [-0.2, 0) is 6.42 Å².